The topological polar surface area (TPSA) is 89.7 Å². The first-order valence-electron chi connectivity index (χ1n) is 7.18. The van der Waals surface area contributed by atoms with Crippen LogP contribution in [0.25, 0.3) is 0 Å². The number of benzene rings is 1. The van der Waals surface area contributed by atoms with Gasteiger partial charge in [-0.1, -0.05) is 11.6 Å². The van der Waals surface area contributed by atoms with Gasteiger partial charge in [0, 0.05) is 13.1 Å². The number of hydrogen-bond donors (Lipinski definition) is 1. The van der Waals surface area contributed by atoms with Crippen molar-refractivity contribution in [3.63, 3.8) is 0 Å². The molecule has 0 saturated carbocycles. The van der Waals surface area contributed by atoms with Crippen LogP contribution in [0.3, 0.4) is 0 Å². The van der Waals surface area contributed by atoms with Crippen LogP contribution in [-0.4, -0.2) is 42.4 Å². The summed E-state index contributed by atoms with van der Waals surface area (Å²) in [5, 5.41) is -0.321. The number of rotatable bonds is 4. The van der Waals surface area contributed by atoms with Gasteiger partial charge in [0.2, 0.25) is 5.91 Å². The molecule has 9 heteroatoms. The molecule has 1 fully saturated rings. The minimum atomic E-state index is -1.25. The Morgan fingerprint density at radius 2 is 1.96 bits per heavy atom. The molecule has 0 bridgehead atoms. The zero-order chi connectivity index (χ0) is 17.9. The van der Waals surface area contributed by atoms with E-state index in [0.29, 0.717) is 31.5 Å². The molecule has 0 spiro atoms. The van der Waals surface area contributed by atoms with Gasteiger partial charge in [0.05, 0.1) is 16.5 Å². The average Bonchev–Trinajstić information content (AvgIpc) is 2.55. The van der Waals surface area contributed by atoms with Crippen LogP contribution in [-0.2, 0) is 14.3 Å². The van der Waals surface area contributed by atoms with Crippen molar-refractivity contribution in [2.24, 2.45) is 11.7 Å². The number of nitrogens with zero attached hydrogens (tertiary/aromatic N) is 1. The summed E-state index contributed by atoms with van der Waals surface area (Å²) in [6.07, 6.45) is 1.21. The average molecular weight is 361 g/mol. The van der Waals surface area contributed by atoms with Gasteiger partial charge in [-0.15, -0.1) is 0 Å². The van der Waals surface area contributed by atoms with Crippen LogP contribution in [0.2, 0.25) is 5.02 Å². The van der Waals surface area contributed by atoms with Crippen molar-refractivity contribution < 1.29 is 27.9 Å². The quantitative estimate of drug-likeness (QED) is 0.651. The zero-order valence-electron chi connectivity index (χ0n) is 12.6. The summed E-state index contributed by atoms with van der Waals surface area (Å²) in [7, 11) is 0. The molecular weight excluding hydrogens is 346 g/mol. The summed E-state index contributed by atoms with van der Waals surface area (Å²) in [4.78, 5) is 36.4. The number of nitrogens with two attached hydrogens (primary N) is 1. The molecular formula is C15H15ClF2N2O4. The highest BCUT2D eigenvalue weighted by Gasteiger charge is 2.27. The van der Waals surface area contributed by atoms with Crippen molar-refractivity contribution in [2.45, 2.75) is 12.8 Å². The van der Waals surface area contributed by atoms with Crippen molar-refractivity contribution in [1.82, 2.24) is 4.90 Å². The van der Waals surface area contributed by atoms with E-state index in [-0.39, 0.29) is 17.1 Å². The van der Waals surface area contributed by atoms with Gasteiger partial charge in [-0.25, -0.2) is 13.6 Å². The van der Waals surface area contributed by atoms with E-state index in [1.807, 2.05) is 0 Å². The van der Waals surface area contributed by atoms with Crippen LogP contribution in [0, 0.1) is 17.6 Å². The smallest absolute Gasteiger partial charge is 0.340 e. The second kappa shape index (κ2) is 7.57. The van der Waals surface area contributed by atoms with E-state index in [2.05, 4.69) is 0 Å². The highest BCUT2D eigenvalue weighted by atomic mass is 35.5. The lowest BCUT2D eigenvalue weighted by atomic mass is 9.97. The van der Waals surface area contributed by atoms with Gasteiger partial charge in [-0.2, -0.15) is 0 Å². The Balaban J connectivity index is 1.95. The van der Waals surface area contributed by atoms with Gasteiger partial charge in [0.15, 0.2) is 18.2 Å². The number of halogens is 3. The number of piperidine rings is 1. The first-order valence-corrected chi connectivity index (χ1v) is 7.56. The normalized spacial score (nSPS) is 17.5. The molecule has 0 aromatic heterocycles. The number of primary amides is 1. The van der Waals surface area contributed by atoms with E-state index >= 15 is 0 Å². The molecule has 1 aromatic rings. The first kappa shape index (κ1) is 18.1. The minimum absolute atomic E-state index is 0.164. The monoisotopic (exact) mass is 360 g/mol. The fourth-order valence-corrected chi connectivity index (χ4v) is 2.64. The van der Waals surface area contributed by atoms with Crippen LogP contribution >= 0.6 is 11.6 Å². The Kier molecular flexibility index (Phi) is 5.71. The van der Waals surface area contributed by atoms with Gasteiger partial charge < -0.3 is 15.4 Å². The maximum Gasteiger partial charge on any atom is 0.340 e. The predicted molar refractivity (Wildman–Crippen MR) is 80.1 cm³/mol. The molecule has 24 heavy (non-hydrogen) atoms. The third-order valence-electron chi connectivity index (χ3n) is 3.73. The summed E-state index contributed by atoms with van der Waals surface area (Å²) in [6, 6.07) is 1.26. The second-order valence-corrected chi connectivity index (χ2v) is 5.81. The van der Waals surface area contributed by atoms with Gasteiger partial charge in [-0.3, -0.25) is 9.59 Å². The molecule has 1 saturated heterocycles. The van der Waals surface area contributed by atoms with E-state index in [0.717, 1.165) is 0 Å². The Morgan fingerprint density at radius 1 is 1.29 bits per heavy atom. The number of likely N-dealkylation sites (tertiary alicyclic amines) is 1. The first-order chi connectivity index (χ1) is 11.3. The third-order valence-corrected chi connectivity index (χ3v) is 4.05. The number of carbonyl (C=O) groups is 3. The highest BCUT2D eigenvalue weighted by Crippen LogP contribution is 2.21. The molecule has 1 aliphatic rings. The van der Waals surface area contributed by atoms with E-state index < -0.39 is 41.9 Å². The summed E-state index contributed by atoms with van der Waals surface area (Å²) in [5.74, 6) is -4.92. The zero-order valence-corrected chi connectivity index (χ0v) is 13.3. The lowest BCUT2D eigenvalue weighted by molar-refractivity contribution is -0.137. The molecule has 0 aliphatic carbocycles. The van der Waals surface area contributed by atoms with Crippen molar-refractivity contribution >= 4 is 29.4 Å². The van der Waals surface area contributed by atoms with E-state index in [9.17, 15) is 23.2 Å². The summed E-state index contributed by atoms with van der Waals surface area (Å²) >= 11 is 5.66. The molecule has 0 unspecified atom stereocenters. The van der Waals surface area contributed by atoms with E-state index in [1.54, 1.807) is 0 Å². The molecule has 0 radical (unpaired) electrons. The van der Waals surface area contributed by atoms with Crippen LogP contribution < -0.4 is 5.73 Å². The Bertz CT molecular complexity index is 684. The summed E-state index contributed by atoms with van der Waals surface area (Å²) in [5.41, 5.74) is 4.85. The van der Waals surface area contributed by atoms with Gasteiger partial charge in [0.1, 0.15) is 0 Å². The maximum atomic E-state index is 13.2. The SMILES string of the molecule is NC(=O)[C@@H]1CCCN(C(=O)COC(=O)c2cc(F)c(F)cc2Cl)C1. The Morgan fingerprint density at radius 3 is 2.62 bits per heavy atom. The standard InChI is InChI=1S/C15H15ClF2N2O4/c16-10-5-12(18)11(17)4-9(10)15(23)24-7-13(21)20-3-1-2-8(6-20)14(19)22/h4-5,8H,1-3,6-7H2,(H2,19,22)/t8-/m1/s1. The van der Waals surface area contributed by atoms with Crippen LogP contribution in [0.4, 0.5) is 8.78 Å². The molecule has 1 aromatic carbocycles. The third kappa shape index (κ3) is 4.19. The van der Waals surface area contributed by atoms with Gasteiger partial charge in [0.25, 0.3) is 5.91 Å². The maximum absolute atomic E-state index is 13.2. The number of amides is 2. The number of hydrogen-bond acceptors (Lipinski definition) is 4. The van der Waals surface area contributed by atoms with Crippen LogP contribution in [0.1, 0.15) is 23.2 Å². The lowest BCUT2D eigenvalue weighted by Crippen LogP contribution is -2.45. The van der Waals surface area contributed by atoms with Crippen molar-refractivity contribution in [3.05, 3.63) is 34.4 Å². The predicted octanol–water partition coefficient (Wildman–Crippen LogP) is 1.50. The fraction of sp³-hybridized carbons (Fsp3) is 0.400. The Hall–Kier alpha value is -2.22. The summed E-state index contributed by atoms with van der Waals surface area (Å²) in [6.45, 7) is -0.0105. The summed E-state index contributed by atoms with van der Waals surface area (Å²) < 4.78 is 30.9. The van der Waals surface area contributed by atoms with Crippen LogP contribution in [0.5, 0.6) is 0 Å². The molecule has 6 nitrogen and oxygen atoms in total. The lowest BCUT2D eigenvalue weighted by Gasteiger charge is -2.31. The fourth-order valence-electron chi connectivity index (χ4n) is 2.41. The van der Waals surface area contributed by atoms with Crippen LogP contribution in [0.15, 0.2) is 12.1 Å². The molecule has 2 N–H and O–H groups in total. The largest absolute Gasteiger partial charge is 0.452 e. The number of ether oxygens (including phenoxy) is 1. The molecule has 1 heterocycles. The number of esters is 1. The van der Waals surface area contributed by atoms with Gasteiger partial charge in [-0.05, 0) is 25.0 Å². The van der Waals surface area contributed by atoms with Crippen molar-refractivity contribution in [3.8, 4) is 0 Å². The molecule has 2 amide bonds. The Labute approximate surface area is 141 Å². The molecule has 1 atom stereocenters. The van der Waals surface area contributed by atoms with Crippen molar-refractivity contribution in [2.75, 3.05) is 19.7 Å². The van der Waals surface area contributed by atoms with Gasteiger partial charge >= 0.3 is 5.97 Å². The van der Waals surface area contributed by atoms with E-state index in [1.165, 1.54) is 4.90 Å². The molecule has 1 aliphatic heterocycles. The minimum Gasteiger partial charge on any atom is -0.452 e. The second-order valence-electron chi connectivity index (χ2n) is 5.40. The molecule has 130 valence electrons. The van der Waals surface area contributed by atoms with E-state index in [4.69, 9.17) is 22.1 Å². The van der Waals surface area contributed by atoms with Crippen molar-refractivity contribution in [1.29, 1.82) is 0 Å². The number of carbonyl (C=O) groups excluding carboxylic acids is 3. The highest BCUT2D eigenvalue weighted by molar-refractivity contribution is 6.33. The molecule has 2 rings (SSSR count).